The topological polar surface area (TPSA) is 64.0 Å². The second-order valence-electron chi connectivity index (χ2n) is 6.71. The lowest BCUT2D eigenvalue weighted by Crippen LogP contribution is -2.02. The van der Waals surface area contributed by atoms with Crippen molar-refractivity contribution in [3.8, 4) is 45.8 Å². The van der Waals surface area contributed by atoms with Gasteiger partial charge in [-0.25, -0.2) is 4.98 Å². The van der Waals surface area contributed by atoms with Crippen molar-refractivity contribution in [2.75, 3.05) is 35.5 Å². The molecule has 0 bridgehead atoms. The molecule has 7 nitrogen and oxygen atoms in total. The van der Waals surface area contributed by atoms with Crippen molar-refractivity contribution >= 4 is 11.0 Å². The molecule has 1 aromatic heterocycles. The first-order valence-corrected chi connectivity index (χ1v) is 9.65. The van der Waals surface area contributed by atoms with Crippen LogP contribution in [0.2, 0.25) is 0 Å². The van der Waals surface area contributed by atoms with Crippen molar-refractivity contribution < 1.29 is 23.7 Å². The van der Waals surface area contributed by atoms with E-state index in [9.17, 15) is 0 Å². The minimum Gasteiger partial charge on any atom is -0.493 e. The van der Waals surface area contributed by atoms with Gasteiger partial charge in [-0.1, -0.05) is 12.1 Å². The Balaban J connectivity index is 2.02. The Hall–Kier alpha value is -3.87. The smallest absolute Gasteiger partial charge is 0.203 e. The lowest BCUT2D eigenvalue weighted by molar-refractivity contribution is 0.324. The molecular weight excluding hydrogens is 396 g/mol. The van der Waals surface area contributed by atoms with Crippen molar-refractivity contribution in [3.63, 3.8) is 0 Å². The second kappa shape index (κ2) is 8.47. The van der Waals surface area contributed by atoms with E-state index in [1.807, 2.05) is 54.6 Å². The van der Waals surface area contributed by atoms with Crippen LogP contribution in [0.4, 0.5) is 0 Å². The molecular formula is C24H24N2O5. The summed E-state index contributed by atoms with van der Waals surface area (Å²) in [6.07, 6.45) is 0. The molecule has 0 aliphatic carbocycles. The fourth-order valence-electron chi connectivity index (χ4n) is 3.65. The molecule has 1 heterocycles. The molecule has 0 amide bonds. The van der Waals surface area contributed by atoms with Crippen LogP contribution in [-0.2, 0) is 0 Å². The van der Waals surface area contributed by atoms with Gasteiger partial charge >= 0.3 is 0 Å². The first-order chi connectivity index (χ1) is 15.1. The molecule has 160 valence electrons. The number of ether oxygens (including phenoxy) is 5. The molecule has 0 saturated heterocycles. The first kappa shape index (κ1) is 20.4. The number of methoxy groups -OCH3 is 5. The quantitative estimate of drug-likeness (QED) is 0.431. The zero-order valence-electron chi connectivity index (χ0n) is 18.1. The van der Waals surface area contributed by atoms with Crippen LogP contribution in [0.5, 0.6) is 28.7 Å². The fourth-order valence-corrected chi connectivity index (χ4v) is 3.65. The highest BCUT2D eigenvalue weighted by Crippen LogP contribution is 2.41. The summed E-state index contributed by atoms with van der Waals surface area (Å²) in [6.45, 7) is 0. The normalized spacial score (nSPS) is 10.7. The van der Waals surface area contributed by atoms with Crippen LogP contribution in [0, 0.1) is 0 Å². The minimum absolute atomic E-state index is 0.533. The van der Waals surface area contributed by atoms with Gasteiger partial charge in [0.1, 0.15) is 5.82 Å². The van der Waals surface area contributed by atoms with E-state index in [0.717, 1.165) is 28.1 Å². The van der Waals surface area contributed by atoms with Crippen molar-refractivity contribution in [2.45, 2.75) is 0 Å². The molecule has 0 N–H and O–H groups in total. The van der Waals surface area contributed by atoms with Crippen LogP contribution in [0.3, 0.4) is 0 Å². The highest BCUT2D eigenvalue weighted by atomic mass is 16.5. The highest BCUT2D eigenvalue weighted by molar-refractivity contribution is 5.84. The molecule has 0 aliphatic heterocycles. The molecule has 0 aliphatic rings. The molecule has 0 radical (unpaired) electrons. The Morgan fingerprint density at radius 2 is 1.29 bits per heavy atom. The standard InChI is InChI=1S/C24H24N2O5/c1-27-19-11-10-15(12-20(19)28-2)24-25-17-8-6-7-9-18(17)26(24)16-13-21(29-3)23(31-5)22(14-16)30-4/h6-14H,1-5H3. The number of imidazole rings is 1. The van der Waals surface area contributed by atoms with Gasteiger partial charge in [0.05, 0.1) is 52.3 Å². The van der Waals surface area contributed by atoms with Gasteiger partial charge < -0.3 is 23.7 Å². The fraction of sp³-hybridized carbons (Fsp3) is 0.208. The van der Waals surface area contributed by atoms with Gasteiger partial charge in [0.2, 0.25) is 5.75 Å². The van der Waals surface area contributed by atoms with Crippen LogP contribution in [0.15, 0.2) is 54.6 Å². The average molecular weight is 420 g/mol. The van der Waals surface area contributed by atoms with E-state index in [4.69, 9.17) is 28.7 Å². The van der Waals surface area contributed by atoms with Crippen molar-refractivity contribution in [3.05, 3.63) is 54.6 Å². The van der Waals surface area contributed by atoms with E-state index >= 15 is 0 Å². The summed E-state index contributed by atoms with van der Waals surface area (Å²) in [5, 5.41) is 0. The van der Waals surface area contributed by atoms with Crippen molar-refractivity contribution in [1.82, 2.24) is 9.55 Å². The van der Waals surface area contributed by atoms with Gasteiger partial charge in [0.25, 0.3) is 0 Å². The van der Waals surface area contributed by atoms with Crippen molar-refractivity contribution in [2.24, 2.45) is 0 Å². The van der Waals surface area contributed by atoms with Crippen LogP contribution in [-0.4, -0.2) is 45.1 Å². The predicted octanol–water partition coefficient (Wildman–Crippen LogP) is 4.74. The van der Waals surface area contributed by atoms with E-state index < -0.39 is 0 Å². The monoisotopic (exact) mass is 420 g/mol. The summed E-state index contributed by atoms with van der Waals surface area (Å²) < 4.78 is 29.6. The van der Waals surface area contributed by atoms with Gasteiger partial charge in [0.15, 0.2) is 23.0 Å². The lowest BCUT2D eigenvalue weighted by atomic mass is 10.1. The zero-order chi connectivity index (χ0) is 22.0. The Kier molecular flexibility index (Phi) is 5.58. The summed E-state index contributed by atoms with van der Waals surface area (Å²) in [4.78, 5) is 4.90. The number of fused-ring (bicyclic) bond motifs is 1. The van der Waals surface area contributed by atoms with Gasteiger partial charge in [0, 0.05) is 17.7 Å². The van der Waals surface area contributed by atoms with Gasteiger partial charge in [-0.2, -0.15) is 0 Å². The number of para-hydroxylation sites is 2. The Morgan fingerprint density at radius 3 is 1.90 bits per heavy atom. The van der Waals surface area contributed by atoms with E-state index in [2.05, 4.69) is 4.57 Å². The SMILES string of the molecule is COc1ccc(-c2nc3ccccc3n2-c2cc(OC)c(OC)c(OC)c2)cc1OC. The Bertz CT molecular complexity index is 1210. The predicted molar refractivity (Wildman–Crippen MR) is 119 cm³/mol. The van der Waals surface area contributed by atoms with Gasteiger partial charge in [-0.3, -0.25) is 4.57 Å². The van der Waals surface area contributed by atoms with E-state index in [-0.39, 0.29) is 0 Å². The van der Waals surface area contributed by atoms with E-state index in [1.165, 1.54) is 0 Å². The summed E-state index contributed by atoms with van der Waals surface area (Å²) in [5.74, 6) is 3.69. The molecule has 0 spiro atoms. The summed E-state index contributed by atoms with van der Waals surface area (Å²) in [7, 11) is 8.01. The first-order valence-electron chi connectivity index (χ1n) is 9.65. The maximum Gasteiger partial charge on any atom is 0.203 e. The highest BCUT2D eigenvalue weighted by Gasteiger charge is 2.20. The maximum absolute atomic E-state index is 5.57. The molecule has 31 heavy (non-hydrogen) atoms. The molecule has 3 aromatic carbocycles. The minimum atomic E-state index is 0.533. The Morgan fingerprint density at radius 1 is 0.645 bits per heavy atom. The maximum atomic E-state index is 5.57. The van der Waals surface area contributed by atoms with Gasteiger partial charge in [-0.05, 0) is 30.3 Å². The van der Waals surface area contributed by atoms with E-state index in [0.29, 0.717) is 28.7 Å². The van der Waals surface area contributed by atoms with Crippen molar-refractivity contribution in [1.29, 1.82) is 0 Å². The molecule has 0 fully saturated rings. The zero-order valence-corrected chi connectivity index (χ0v) is 18.1. The number of nitrogens with zero attached hydrogens (tertiary/aromatic N) is 2. The molecule has 0 saturated carbocycles. The van der Waals surface area contributed by atoms with Gasteiger partial charge in [-0.15, -0.1) is 0 Å². The summed E-state index contributed by atoms with van der Waals surface area (Å²) in [6, 6.07) is 17.5. The number of benzene rings is 3. The van der Waals surface area contributed by atoms with Crippen LogP contribution in [0.25, 0.3) is 28.1 Å². The van der Waals surface area contributed by atoms with Crippen LogP contribution < -0.4 is 23.7 Å². The average Bonchev–Trinajstić information content (AvgIpc) is 3.22. The summed E-state index contributed by atoms with van der Waals surface area (Å²) in [5.41, 5.74) is 3.51. The third-order valence-electron chi connectivity index (χ3n) is 5.11. The third-order valence-corrected chi connectivity index (χ3v) is 5.11. The largest absolute Gasteiger partial charge is 0.493 e. The molecule has 0 atom stereocenters. The third kappa shape index (κ3) is 3.48. The van der Waals surface area contributed by atoms with Crippen LogP contribution >= 0.6 is 0 Å². The number of rotatable bonds is 7. The number of hydrogen-bond donors (Lipinski definition) is 0. The Labute approximate surface area is 180 Å². The molecule has 7 heteroatoms. The molecule has 4 rings (SSSR count). The summed E-state index contributed by atoms with van der Waals surface area (Å²) >= 11 is 0. The van der Waals surface area contributed by atoms with E-state index in [1.54, 1.807) is 35.5 Å². The van der Waals surface area contributed by atoms with Crippen LogP contribution in [0.1, 0.15) is 0 Å². The lowest BCUT2D eigenvalue weighted by Gasteiger charge is -2.17. The number of aromatic nitrogens is 2. The molecule has 0 unspecified atom stereocenters. The number of hydrogen-bond acceptors (Lipinski definition) is 6. The molecule has 4 aromatic rings. The second-order valence-corrected chi connectivity index (χ2v) is 6.71.